The summed E-state index contributed by atoms with van der Waals surface area (Å²) >= 11 is 8.91. The summed E-state index contributed by atoms with van der Waals surface area (Å²) in [7, 11) is 2.31. The lowest BCUT2D eigenvalue weighted by atomic mass is 9.91. The summed E-state index contributed by atoms with van der Waals surface area (Å²) < 4.78 is 2.37. The molecule has 19 heavy (non-hydrogen) atoms. The second-order valence-electron chi connectivity index (χ2n) is 5.85. The van der Waals surface area contributed by atoms with Crippen molar-refractivity contribution in [2.75, 3.05) is 13.6 Å². The Hall–Kier alpha value is 0.580. The van der Waals surface area contributed by atoms with Gasteiger partial charge in [0.1, 0.15) is 0 Å². The number of hydrogen-bond donors (Lipinski definition) is 1. The van der Waals surface area contributed by atoms with Gasteiger partial charge >= 0.3 is 0 Å². The van der Waals surface area contributed by atoms with E-state index in [0.717, 1.165) is 24.5 Å². The molecular formula is C14H20Br2N2S. The Balaban J connectivity index is 1.46. The molecular weight excluding hydrogens is 388 g/mol. The van der Waals surface area contributed by atoms with Crippen LogP contribution in [0.2, 0.25) is 0 Å². The molecule has 3 heterocycles. The topological polar surface area (TPSA) is 15.3 Å². The van der Waals surface area contributed by atoms with Crippen LogP contribution >= 0.6 is 43.2 Å². The van der Waals surface area contributed by atoms with Crippen LogP contribution in [0.1, 0.15) is 30.6 Å². The van der Waals surface area contributed by atoms with Crippen molar-refractivity contribution >= 4 is 43.2 Å². The fourth-order valence-electron chi connectivity index (χ4n) is 3.57. The quantitative estimate of drug-likeness (QED) is 0.802. The number of fused-ring (bicyclic) bond motifs is 2. The van der Waals surface area contributed by atoms with Crippen LogP contribution in [0, 0.1) is 5.92 Å². The molecule has 0 spiro atoms. The van der Waals surface area contributed by atoms with Crippen LogP contribution in [-0.4, -0.2) is 30.6 Å². The van der Waals surface area contributed by atoms with Gasteiger partial charge in [0.05, 0.1) is 3.79 Å². The number of thiophene rings is 1. The molecule has 3 rings (SSSR count). The molecule has 0 radical (unpaired) electrons. The van der Waals surface area contributed by atoms with Gasteiger partial charge in [0.25, 0.3) is 0 Å². The van der Waals surface area contributed by atoms with E-state index in [0.29, 0.717) is 0 Å². The Bertz CT molecular complexity index is 415. The van der Waals surface area contributed by atoms with Crippen molar-refractivity contribution in [3.05, 3.63) is 19.2 Å². The van der Waals surface area contributed by atoms with Gasteiger partial charge in [-0.3, -0.25) is 0 Å². The van der Waals surface area contributed by atoms with Crippen LogP contribution in [0.4, 0.5) is 0 Å². The zero-order chi connectivity index (χ0) is 13.4. The molecule has 0 saturated carbocycles. The molecule has 1 aromatic rings. The maximum absolute atomic E-state index is 3.65. The first-order valence-electron chi connectivity index (χ1n) is 7.00. The van der Waals surface area contributed by atoms with Crippen molar-refractivity contribution < 1.29 is 0 Å². The predicted octanol–water partition coefficient (Wildman–Crippen LogP) is 4.24. The number of halogens is 2. The van der Waals surface area contributed by atoms with E-state index < -0.39 is 0 Å². The van der Waals surface area contributed by atoms with Crippen molar-refractivity contribution in [1.82, 2.24) is 10.2 Å². The summed E-state index contributed by atoms with van der Waals surface area (Å²) in [5.41, 5.74) is 0. The van der Waals surface area contributed by atoms with E-state index in [9.17, 15) is 0 Å². The fraction of sp³-hybridized carbons (Fsp3) is 0.714. The largest absolute Gasteiger partial charge is 0.312 e. The Morgan fingerprint density at radius 2 is 2.00 bits per heavy atom. The van der Waals surface area contributed by atoms with E-state index in [-0.39, 0.29) is 0 Å². The summed E-state index contributed by atoms with van der Waals surface area (Å²) in [4.78, 5) is 4.01. The minimum Gasteiger partial charge on any atom is -0.312 e. The molecule has 2 atom stereocenters. The summed E-state index contributed by atoms with van der Waals surface area (Å²) in [5.74, 6) is 0.876. The van der Waals surface area contributed by atoms with Crippen molar-refractivity contribution in [3.8, 4) is 0 Å². The SMILES string of the molecule is CN1C2CCC1CC(CNCc1cc(Br)c(Br)s1)C2. The maximum atomic E-state index is 3.65. The monoisotopic (exact) mass is 406 g/mol. The molecule has 5 heteroatoms. The number of rotatable bonds is 4. The van der Waals surface area contributed by atoms with Crippen molar-refractivity contribution in [2.24, 2.45) is 5.92 Å². The Morgan fingerprint density at radius 3 is 2.58 bits per heavy atom. The zero-order valence-electron chi connectivity index (χ0n) is 11.2. The molecule has 2 unspecified atom stereocenters. The Labute approximate surface area is 136 Å². The fourth-order valence-corrected chi connectivity index (χ4v) is 5.72. The minimum absolute atomic E-state index is 0.857. The van der Waals surface area contributed by atoms with Gasteiger partial charge in [-0.1, -0.05) is 0 Å². The third-order valence-corrected chi connectivity index (χ3v) is 7.88. The van der Waals surface area contributed by atoms with Crippen LogP contribution in [0.3, 0.4) is 0 Å². The van der Waals surface area contributed by atoms with E-state index in [2.05, 4.69) is 55.2 Å². The summed E-state index contributed by atoms with van der Waals surface area (Å²) in [6.07, 6.45) is 5.61. The molecule has 1 N–H and O–H groups in total. The highest BCUT2D eigenvalue weighted by Crippen LogP contribution is 2.37. The normalized spacial score (nSPS) is 31.0. The number of piperidine rings is 1. The van der Waals surface area contributed by atoms with Crippen LogP contribution in [0.25, 0.3) is 0 Å². The van der Waals surface area contributed by atoms with Gasteiger partial charge in [-0.2, -0.15) is 0 Å². The highest BCUT2D eigenvalue weighted by Gasteiger charge is 2.37. The third-order valence-electron chi connectivity index (χ3n) is 4.62. The van der Waals surface area contributed by atoms with E-state index in [4.69, 9.17) is 0 Å². The average molecular weight is 408 g/mol. The summed E-state index contributed by atoms with van der Waals surface area (Å²) in [6, 6.07) is 3.92. The van der Waals surface area contributed by atoms with E-state index in [1.807, 2.05) is 11.3 Å². The maximum Gasteiger partial charge on any atom is 0.0843 e. The average Bonchev–Trinajstić information content (AvgIpc) is 2.78. The molecule has 0 amide bonds. The molecule has 2 aliphatic rings. The third kappa shape index (κ3) is 3.26. The molecule has 1 aromatic heterocycles. The van der Waals surface area contributed by atoms with Crippen LogP contribution < -0.4 is 5.32 Å². The summed E-state index contributed by atoms with van der Waals surface area (Å²) in [5, 5.41) is 3.65. The van der Waals surface area contributed by atoms with Crippen molar-refractivity contribution in [1.29, 1.82) is 0 Å². The molecule has 2 fully saturated rings. The molecule has 106 valence electrons. The van der Waals surface area contributed by atoms with Crippen LogP contribution in [-0.2, 0) is 6.54 Å². The van der Waals surface area contributed by atoms with E-state index in [1.165, 1.54) is 45.4 Å². The molecule has 2 aliphatic heterocycles. The standard InChI is InChI=1S/C14H20Br2N2S/c1-18-10-2-3-11(18)5-9(4-10)7-17-8-12-6-13(15)14(16)19-12/h6,9-11,17H,2-5,7-8H2,1H3. The lowest BCUT2D eigenvalue weighted by Crippen LogP contribution is -2.42. The highest BCUT2D eigenvalue weighted by molar-refractivity contribution is 9.13. The van der Waals surface area contributed by atoms with Crippen LogP contribution in [0.15, 0.2) is 14.3 Å². The molecule has 0 aliphatic carbocycles. The molecule has 2 bridgehead atoms. The number of nitrogens with zero attached hydrogens (tertiary/aromatic N) is 1. The first kappa shape index (κ1) is 14.5. The lowest BCUT2D eigenvalue weighted by Gasteiger charge is -2.36. The van der Waals surface area contributed by atoms with E-state index in [1.54, 1.807) is 0 Å². The van der Waals surface area contributed by atoms with Crippen molar-refractivity contribution in [3.63, 3.8) is 0 Å². The van der Waals surface area contributed by atoms with Gasteiger partial charge in [-0.25, -0.2) is 0 Å². The van der Waals surface area contributed by atoms with Gasteiger partial charge in [-0.05, 0) is 83.1 Å². The first-order valence-corrected chi connectivity index (χ1v) is 9.40. The first-order chi connectivity index (χ1) is 9.13. The van der Waals surface area contributed by atoms with Gasteiger partial charge < -0.3 is 10.2 Å². The number of hydrogen-bond acceptors (Lipinski definition) is 3. The van der Waals surface area contributed by atoms with Gasteiger partial charge in [-0.15, -0.1) is 11.3 Å². The van der Waals surface area contributed by atoms with Gasteiger partial charge in [0, 0.05) is 28.0 Å². The van der Waals surface area contributed by atoms with Crippen LogP contribution in [0.5, 0.6) is 0 Å². The molecule has 0 aromatic carbocycles. The van der Waals surface area contributed by atoms with Gasteiger partial charge in [0.15, 0.2) is 0 Å². The Morgan fingerprint density at radius 1 is 1.32 bits per heavy atom. The predicted molar refractivity (Wildman–Crippen MR) is 88.7 cm³/mol. The molecule has 2 saturated heterocycles. The Kier molecular flexibility index (Phi) is 4.69. The second-order valence-corrected chi connectivity index (χ2v) is 9.16. The van der Waals surface area contributed by atoms with Crippen molar-refractivity contribution in [2.45, 2.75) is 44.3 Å². The second kappa shape index (κ2) is 6.14. The lowest BCUT2D eigenvalue weighted by molar-refractivity contribution is 0.133. The number of nitrogens with one attached hydrogen (secondary N) is 1. The zero-order valence-corrected chi connectivity index (χ0v) is 15.2. The van der Waals surface area contributed by atoms with E-state index >= 15 is 0 Å². The molecule has 2 nitrogen and oxygen atoms in total. The smallest absolute Gasteiger partial charge is 0.0843 e. The summed E-state index contributed by atoms with van der Waals surface area (Å²) in [6.45, 7) is 2.17. The highest BCUT2D eigenvalue weighted by atomic mass is 79.9. The minimum atomic E-state index is 0.857. The van der Waals surface area contributed by atoms with Gasteiger partial charge in [0.2, 0.25) is 0 Å².